The molecule has 2 unspecified atom stereocenters. The Hall–Kier alpha value is -0.450. The highest BCUT2D eigenvalue weighted by atomic mass is 32.1. The van der Waals surface area contributed by atoms with Crippen molar-refractivity contribution in [2.45, 2.75) is 76.5 Å². The molecule has 1 aliphatic carbocycles. The summed E-state index contributed by atoms with van der Waals surface area (Å²) in [5.41, 5.74) is 0.242. The zero-order valence-electron chi connectivity index (χ0n) is 12.7. The Morgan fingerprint density at radius 3 is 2.90 bits per heavy atom. The van der Waals surface area contributed by atoms with Gasteiger partial charge in [0.2, 0.25) is 0 Å². The van der Waals surface area contributed by atoms with Crippen molar-refractivity contribution in [3.8, 4) is 0 Å². The summed E-state index contributed by atoms with van der Waals surface area (Å²) >= 11 is 1.79. The van der Waals surface area contributed by atoms with Gasteiger partial charge in [-0.3, -0.25) is 0 Å². The van der Waals surface area contributed by atoms with Crippen LogP contribution in [0.3, 0.4) is 0 Å². The van der Waals surface area contributed by atoms with Crippen molar-refractivity contribution in [2.75, 3.05) is 6.54 Å². The van der Waals surface area contributed by atoms with Gasteiger partial charge >= 0.3 is 0 Å². The summed E-state index contributed by atoms with van der Waals surface area (Å²) in [6.07, 6.45) is 11.5. The molecule has 112 valence electrons. The molecule has 1 aliphatic heterocycles. The van der Waals surface area contributed by atoms with Gasteiger partial charge in [-0.1, -0.05) is 19.3 Å². The molecule has 3 nitrogen and oxygen atoms in total. The van der Waals surface area contributed by atoms with Gasteiger partial charge in [-0.2, -0.15) is 0 Å². The van der Waals surface area contributed by atoms with Crippen LogP contribution in [0.25, 0.3) is 0 Å². The smallest absolute Gasteiger partial charge is 0.109 e. The molecular weight excluding hydrogens is 268 g/mol. The van der Waals surface area contributed by atoms with Crippen LogP contribution in [0.2, 0.25) is 0 Å². The number of aryl methyl sites for hydroxylation is 1. The SMILES string of the molecule is Cc1cnc(C(C)NCC2CCC3(CCCCC3)O2)s1. The highest BCUT2D eigenvalue weighted by molar-refractivity contribution is 7.11. The Balaban J connectivity index is 1.47. The van der Waals surface area contributed by atoms with Gasteiger partial charge in [0.05, 0.1) is 17.7 Å². The van der Waals surface area contributed by atoms with E-state index in [2.05, 4.69) is 24.1 Å². The van der Waals surface area contributed by atoms with Crippen molar-refractivity contribution in [3.63, 3.8) is 0 Å². The molecule has 0 radical (unpaired) electrons. The summed E-state index contributed by atoms with van der Waals surface area (Å²) in [4.78, 5) is 5.74. The minimum atomic E-state index is 0.242. The van der Waals surface area contributed by atoms with Gasteiger partial charge < -0.3 is 10.1 Å². The first-order valence-corrected chi connectivity index (χ1v) is 8.82. The molecule has 3 rings (SSSR count). The van der Waals surface area contributed by atoms with E-state index >= 15 is 0 Å². The molecule has 1 saturated heterocycles. The minimum Gasteiger partial charge on any atom is -0.370 e. The van der Waals surface area contributed by atoms with E-state index in [0.717, 1.165) is 6.54 Å². The van der Waals surface area contributed by atoms with Gasteiger partial charge in [-0.25, -0.2) is 4.98 Å². The van der Waals surface area contributed by atoms with Gasteiger partial charge in [-0.05, 0) is 39.5 Å². The van der Waals surface area contributed by atoms with E-state index in [9.17, 15) is 0 Å². The van der Waals surface area contributed by atoms with Crippen molar-refractivity contribution in [2.24, 2.45) is 0 Å². The highest BCUT2D eigenvalue weighted by Gasteiger charge is 2.40. The molecule has 1 N–H and O–H groups in total. The zero-order valence-corrected chi connectivity index (χ0v) is 13.5. The number of thiazole rings is 1. The number of ether oxygens (including phenoxy) is 1. The van der Waals surface area contributed by atoms with Crippen LogP contribution in [-0.4, -0.2) is 23.2 Å². The molecule has 1 aromatic rings. The lowest BCUT2D eigenvalue weighted by atomic mass is 9.83. The number of hydrogen-bond acceptors (Lipinski definition) is 4. The van der Waals surface area contributed by atoms with Crippen molar-refractivity contribution in [1.29, 1.82) is 0 Å². The first-order valence-electron chi connectivity index (χ1n) is 8.00. The molecule has 2 aliphatic rings. The largest absolute Gasteiger partial charge is 0.370 e. The van der Waals surface area contributed by atoms with E-state index in [-0.39, 0.29) is 5.60 Å². The average Bonchev–Trinajstić information content (AvgIpc) is 3.05. The molecule has 2 atom stereocenters. The number of rotatable bonds is 4. The van der Waals surface area contributed by atoms with E-state index in [1.54, 1.807) is 11.3 Å². The second kappa shape index (κ2) is 6.12. The van der Waals surface area contributed by atoms with Crippen molar-refractivity contribution >= 4 is 11.3 Å². The molecule has 1 aromatic heterocycles. The standard InChI is InChI=1S/C16H26N2OS/c1-12-10-18-15(20-12)13(2)17-11-14-6-9-16(19-14)7-4-3-5-8-16/h10,13-14,17H,3-9,11H2,1-2H3. The van der Waals surface area contributed by atoms with Gasteiger partial charge in [0.15, 0.2) is 0 Å². The summed E-state index contributed by atoms with van der Waals surface area (Å²) in [7, 11) is 0. The Labute approximate surface area is 126 Å². The third-order valence-corrected chi connectivity index (χ3v) is 5.86. The van der Waals surface area contributed by atoms with Crippen LogP contribution in [0.15, 0.2) is 6.20 Å². The van der Waals surface area contributed by atoms with E-state index in [0.29, 0.717) is 12.1 Å². The molecule has 2 fully saturated rings. The zero-order chi connectivity index (χ0) is 14.0. The number of aromatic nitrogens is 1. The Bertz CT molecular complexity index is 439. The maximum atomic E-state index is 6.40. The van der Waals surface area contributed by atoms with E-state index < -0.39 is 0 Å². The fourth-order valence-electron chi connectivity index (χ4n) is 3.57. The monoisotopic (exact) mass is 294 g/mol. The molecule has 4 heteroatoms. The summed E-state index contributed by atoms with van der Waals surface area (Å²) in [5, 5.41) is 4.79. The first-order chi connectivity index (χ1) is 9.67. The quantitative estimate of drug-likeness (QED) is 0.912. The van der Waals surface area contributed by atoms with E-state index in [1.165, 1.54) is 54.8 Å². The lowest BCUT2D eigenvalue weighted by molar-refractivity contribution is -0.0628. The second-order valence-corrected chi connectivity index (χ2v) is 7.73. The summed E-state index contributed by atoms with van der Waals surface area (Å²) < 4.78 is 6.40. The molecule has 2 heterocycles. The second-order valence-electron chi connectivity index (χ2n) is 6.46. The number of hydrogen-bond donors (Lipinski definition) is 1. The average molecular weight is 294 g/mol. The summed E-state index contributed by atoms with van der Waals surface area (Å²) in [5.74, 6) is 0. The van der Waals surface area contributed by atoms with Crippen LogP contribution >= 0.6 is 11.3 Å². The Kier molecular flexibility index (Phi) is 4.43. The number of nitrogens with one attached hydrogen (secondary N) is 1. The van der Waals surface area contributed by atoms with Crippen LogP contribution in [0.5, 0.6) is 0 Å². The summed E-state index contributed by atoms with van der Waals surface area (Å²) in [6, 6.07) is 0.334. The van der Waals surface area contributed by atoms with Crippen LogP contribution in [0.4, 0.5) is 0 Å². The Morgan fingerprint density at radius 2 is 2.20 bits per heavy atom. The Morgan fingerprint density at radius 1 is 1.40 bits per heavy atom. The van der Waals surface area contributed by atoms with Crippen molar-refractivity contribution in [1.82, 2.24) is 10.3 Å². The molecule has 1 spiro atoms. The highest BCUT2D eigenvalue weighted by Crippen LogP contribution is 2.41. The third kappa shape index (κ3) is 3.23. The predicted molar refractivity (Wildman–Crippen MR) is 83.2 cm³/mol. The molecule has 20 heavy (non-hydrogen) atoms. The van der Waals surface area contributed by atoms with Crippen LogP contribution in [-0.2, 0) is 4.74 Å². The van der Waals surface area contributed by atoms with Crippen LogP contribution in [0.1, 0.15) is 67.8 Å². The van der Waals surface area contributed by atoms with Crippen LogP contribution < -0.4 is 5.32 Å². The fourth-order valence-corrected chi connectivity index (χ4v) is 4.37. The third-order valence-electron chi connectivity index (χ3n) is 4.76. The lowest BCUT2D eigenvalue weighted by Gasteiger charge is -2.33. The molecular formula is C16H26N2OS. The predicted octanol–water partition coefficient (Wildman–Crippen LogP) is 3.98. The maximum Gasteiger partial charge on any atom is 0.109 e. The summed E-state index contributed by atoms with van der Waals surface area (Å²) in [6.45, 7) is 5.27. The van der Waals surface area contributed by atoms with Gasteiger partial charge in [0, 0.05) is 17.6 Å². The lowest BCUT2D eigenvalue weighted by Crippen LogP contribution is -2.35. The molecule has 0 amide bonds. The first kappa shape index (κ1) is 14.5. The van der Waals surface area contributed by atoms with E-state index in [1.807, 2.05) is 6.20 Å². The van der Waals surface area contributed by atoms with Crippen molar-refractivity contribution < 1.29 is 4.74 Å². The fraction of sp³-hybridized carbons (Fsp3) is 0.812. The van der Waals surface area contributed by atoms with Gasteiger partial charge in [0.25, 0.3) is 0 Å². The van der Waals surface area contributed by atoms with Crippen molar-refractivity contribution in [3.05, 3.63) is 16.1 Å². The minimum absolute atomic E-state index is 0.242. The topological polar surface area (TPSA) is 34.2 Å². The van der Waals surface area contributed by atoms with Crippen LogP contribution in [0, 0.1) is 6.92 Å². The number of nitrogens with zero attached hydrogens (tertiary/aromatic N) is 1. The maximum absolute atomic E-state index is 6.40. The van der Waals surface area contributed by atoms with Gasteiger partial charge in [-0.15, -0.1) is 11.3 Å². The van der Waals surface area contributed by atoms with E-state index in [4.69, 9.17) is 4.74 Å². The molecule has 1 saturated carbocycles. The normalized spacial score (nSPS) is 27.0. The van der Waals surface area contributed by atoms with Gasteiger partial charge in [0.1, 0.15) is 5.01 Å². The molecule has 0 bridgehead atoms. The molecule has 0 aromatic carbocycles.